The van der Waals surface area contributed by atoms with Gasteiger partial charge in [-0.3, -0.25) is 4.79 Å². The normalized spacial score (nSPS) is 13.3. The highest BCUT2D eigenvalue weighted by Gasteiger charge is 2.28. The van der Waals surface area contributed by atoms with Crippen LogP contribution in [0, 0.1) is 5.92 Å². The maximum absolute atomic E-state index is 12.7. The van der Waals surface area contributed by atoms with Gasteiger partial charge in [-0.2, -0.15) is 4.72 Å². The van der Waals surface area contributed by atoms with Crippen molar-refractivity contribution in [2.75, 3.05) is 0 Å². The zero-order valence-corrected chi connectivity index (χ0v) is 18.4. The first-order valence-corrected chi connectivity index (χ1v) is 11.8. The zero-order chi connectivity index (χ0) is 21.6. The van der Waals surface area contributed by atoms with Crippen molar-refractivity contribution in [2.45, 2.75) is 24.8 Å². The molecule has 4 aromatic rings. The molecule has 2 aromatic heterocycles. The SMILES string of the molecule is CC(C)[C@H](NS(=O)(=O)c1ccc2c(c1)oc1cc(-c3ccc(Cl)s3)ccc12)C(=O)O. The molecule has 9 heteroatoms. The van der Waals surface area contributed by atoms with Crippen molar-refractivity contribution in [3.05, 3.63) is 52.9 Å². The van der Waals surface area contributed by atoms with Gasteiger partial charge < -0.3 is 9.52 Å². The molecule has 30 heavy (non-hydrogen) atoms. The molecular formula is C21H18ClNO5S2. The molecule has 0 spiro atoms. The van der Waals surface area contributed by atoms with Crippen molar-refractivity contribution in [3.63, 3.8) is 0 Å². The summed E-state index contributed by atoms with van der Waals surface area (Å²) in [7, 11) is -4.03. The second kappa shape index (κ2) is 7.70. The third-order valence-corrected chi connectivity index (χ3v) is 7.55. The minimum absolute atomic E-state index is 0.0498. The van der Waals surface area contributed by atoms with Crippen molar-refractivity contribution in [3.8, 4) is 10.4 Å². The number of rotatable bonds is 6. The maximum Gasteiger partial charge on any atom is 0.322 e. The van der Waals surface area contributed by atoms with Crippen LogP contribution in [0.5, 0.6) is 0 Å². The number of nitrogens with one attached hydrogen (secondary N) is 1. The molecule has 0 amide bonds. The minimum atomic E-state index is -4.03. The topological polar surface area (TPSA) is 96.6 Å². The Bertz CT molecular complexity index is 1370. The number of carboxylic acids is 1. The van der Waals surface area contributed by atoms with E-state index in [0.29, 0.717) is 15.5 Å². The first-order chi connectivity index (χ1) is 14.2. The van der Waals surface area contributed by atoms with Gasteiger partial charge in [0.15, 0.2) is 0 Å². The number of carbonyl (C=O) groups is 1. The lowest BCUT2D eigenvalue weighted by molar-refractivity contribution is -0.140. The van der Waals surface area contributed by atoms with Crippen LogP contribution in [-0.4, -0.2) is 25.5 Å². The van der Waals surface area contributed by atoms with Crippen LogP contribution in [0.3, 0.4) is 0 Å². The average Bonchev–Trinajstić information content (AvgIpc) is 3.27. The molecule has 6 nitrogen and oxygen atoms in total. The number of aliphatic carboxylic acids is 1. The fraction of sp³-hybridized carbons (Fsp3) is 0.190. The van der Waals surface area contributed by atoms with Crippen LogP contribution in [0.1, 0.15) is 13.8 Å². The minimum Gasteiger partial charge on any atom is -0.480 e. The van der Waals surface area contributed by atoms with Gasteiger partial charge >= 0.3 is 5.97 Å². The first kappa shape index (κ1) is 20.9. The van der Waals surface area contributed by atoms with E-state index < -0.39 is 28.0 Å². The molecule has 0 saturated heterocycles. The second-order valence-corrected chi connectivity index (χ2v) is 10.7. The standard InChI is InChI=1S/C21H18ClNO5S2/c1-11(2)20(21(24)25)23-30(26,27)13-4-6-15-14-5-3-12(18-7-8-19(22)29-18)9-16(14)28-17(15)10-13/h3-11,20,23H,1-2H3,(H,24,25)/t20-/m0/s1. The lowest BCUT2D eigenvalue weighted by Crippen LogP contribution is -2.44. The molecule has 0 fully saturated rings. The summed E-state index contributed by atoms with van der Waals surface area (Å²) in [6.07, 6.45) is 0. The summed E-state index contributed by atoms with van der Waals surface area (Å²) in [5, 5.41) is 10.9. The average molecular weight is 464 g/mol. The molecular weight excluding hydrogens is 446 g/mol. The molecule has 0 bridgehead atoms. The third kappa shape index (κ3) is 3.83. The fourth-order valence-electron chi connectivity index (χ4n) is 3.25. The van der Waals surface area contributed by atoms with E-state index in [0.717, 1.165) is 21.2 Å². The van der Waals surface area contributed by atoms with Gasteiger partial charge in [-0.15, -0.1) is 11.3 Å². The van der Waals surface area contributed by atoms with Crippen LogP contribution in [-0.2, 0) is 14.8 Å². The van der Waals surface area contributed by atoms with Gasteiger partial charge in [0.25, 0.3) is 0 Å². The van der Waals surface area contributed by atoms with Gasteiger partial charge in [0.2, 0.25) is 10.0 Å². The predicted molar refractivity (Wildman–Crippen MR) is 119 cm³/mol. The summed E-state index contributed by atoms with van der Waals surface area (Å²) in [5.41, 5.74) is 1.99. The summed E-state index contributed by atoms with van der Waals surface area (Å²) in [6, 6.07) is 12.9. The number of benzene rings is 2. The Morgan fingerprint density at radius 1 is 1.07 bits per heavy atom. The Kier molecular flexibility index (Phi) is 5.36. The Balaban J connectivity index is 1.75. The van der Waals surface area contributed by atoms with E-state index in [4.69, 9.17) is 16.0 Å². The summed E-state index contributed by atoms with van der Waals surface area (Å²) < 4.78 is 34.3. The van der Waals surface area contributed by atoms with Crippen LogP contribution in [0.15, 0.2) is 57.8 Å². The Hall–Kier alpha value is -2.39. The van der Waals surface area contributed by atoms with Gasteiger partial charge in [0.05, 0.1) is 9.23 Å². The molecule has 2 heterocycles. The van der Waals surface area contributed by atoms with Crippen molar-refractivity contribution >= 4 is 60.9 Å². The van der Waals surface area contributed by atoms with Crippen molar-refractivity contribution in [1.82, 2.24) is 4.72 Å². The summed E-state index contributed by atoms with van der Waals surface area (Å²) >= 11 is 7.48. The van der Waals surface area contributed by atoms with Crippen molar-refractivity contribution < 1.29 is 22.7 Å². The molecule has 0 saturated carbocycles. The summed E-state index contributed by atoms with van der Waals surface area (Å²) in [4.78, 5) is 12.3. The lowest BCUT2D eigenvalue weighted by Gasteiger charge is -2.17. The highest BCUT2D eigenvalue weighted by atomic mass is 35.5. The highest BCUT2D eigenvalue weighted by Crippen LogP contribution is 2.36. The van der Waals surface area contributed by atoms with Gasteiger partial charge in [0.1, 0.15) is 17.2 Å². The van der Waals surface area contributed by atoms with E-state index in [-0.39, 0.29) is 4.90 Å². The quantitative estimate of drug-likeness (QED) is 0.401. The highest BCUT2D eigenvalue weighted by molar-refractivity contribution is 7.89. The molecule has 1 atom stereocenters. The second-order valence-electron chi connectivity index (χ2n) is 7.26. The largest absolute Gasteiger partial charge is 0.480 e. The van der Waals surface area contributed by atoms with Crippen LogP contribution >= 0.6 is 22.9 Å². The predicted octanol–water partition coefficient (Wildman–Crippen LogP) is 5.36. The van der Waals surface area contributed by atoms with Gasteiger partial charge in [-0.05, 0) is 47.9 Å². The fourth-order valence-corrected chi connectivity index (χ4v) is 5.65. The Morgan fingerprint density at radius 3 is 2.33 bits per heavy atom. The Labute approximate surface area is 182 Å². The summed E-state index contributed by atoms with van der Waals surface area (Å²) in [6.45, 7) is 3.28. The molecule has 0 aliphatic carbocycles. The van der Waals surface area contributed by atoms with E-state index in [2.05, 4.69) is 4.72 Å². The van der Waals surface area contributed by atoms with Gasteiger partial charge in [-0.25, -0.2) is 8.42 Å². The smallest absolute Gasteiger partial charge is 0.322 e. The summed E-state index contributed by atoms with van der Waals surface area (Å²) in [5.74, 6) is -1.63. The van der Waals surface area contributed by atoms with E-state index in [9.17, 15) is 18.3 Å². The number of hydrogen-bond acceptors (Lipinski definition) is 5. The van der Waals surface area contributed by atoms with Crippen molar-refractivity contribution in [2.24, 2.45) is 5.92 Å². The van der Waals surface area contributed by atoms with Crippen LogP contribution in [0.25, 0.3) is 32.4 Å². The maximum atomic E-state index is 12.7. The van der Waals surface area contributed by atoms with E-state index in [1.54, 1.807) is 19.9 Å². The van der Waals surface area contributed by atoms with Gasteiger partial charge in [-0.1, -0.05) is 31.5 Å². The molecule has 0 aliphatic rings. The molecule has 2 N–H and O–H groups in total. The number of sulfonamides is 1. The number of carboxylic acid groups (broad SMARTS) is 1. The number of fused-ring (bicyclic) bond motifs is 3. The molecule has 2 aromatic carbocycles. The van der Waals surface area contributed by atoms with Crippen LogP contribution in [0.2, 0.25) is 4.34 Å². The molecule has 4 rings (SSSR count). The van der Waals surface area contributed by atoms with Crippen molar-refractivity contribution in [1.29, 1.82) is 0 Å². The Morgan fingerprint density at radius 2 is 1.73 bits per heavy atom. The monoisotopic (exact) mass is 463 g/mol. The van der Waals surface area contributed by atoms with Gasteiger partial charge in [0, 0.05) is 21.7 Å². The molecule has 0 radical (unpaired) electrons. The van der Waals surface area contributed by atoms with E-state index >= 15 is 0 Å². The number of halogens is 1. The molecule has 0 aliphatic heterocycles. The number of thiophene rings is 1. The van der Waals surface area contributed by atoms with Crippen LogP contribution in [0.4, 0.5) is 0 Å². The zero-order valence-electron chi connectivity index (χ0n) is 16.0. The molecule has 156 valence electrons. The van der Waals surface area contributed by atoms with E-state index in [1.165, 1.54) is 23.5 Å². The number of hydrogen-bond donors (Lipinski definition) is 2. The first-order valence-electron chi connectivity index (χ1n) is 9.13. The molecule has 0 unspecified atom stereocenters. The third-order valence-electron chi connectivity index (χ3n) is 4.83. The lowest BCUT2D eigenvalue weighted by atomic mass is 10.1. The van der Waals surface area contributed by atoms with E-state index in [1.807, 2.05) is 30.3 Å². The van der Waals surface area contributed by atoms with Crippen LogP contribution < -0.4 is 4.72 Å². The number of furan rings is 1.